The Morgan fingerprint density at radius 3 is 1.08 bits per heavy atom. The molecule has 0 aliphatic heterocycles. The van der Waals surface area contributed by atoms with Crippen molar-refractivity contribution in [3.8, 4) is 34.8 Å². The molecule has 0 atom stereocenters. The zero-order chi connectivity index (χ0) is 35.1. The lowest BCUT2D eigenvalue weighted by Crippen LogP contribution is -1.96. The molecule has 4 rings (SSSR count). The molecule has 0 aromatic heterocycles. The first kappa shape index (κ1) is 34.8. The van der Waals surface area contributed by atoms with Crippen LogP contribution in [0.2, 0.25) is 0 Å². The largest absolute Gasteiger partial charge is 0.496 e. The molecule has 48 heavy (non-hydrogen) atoms. The molecular weight excluding hydrogens is 612 g/mol. The predicted octanol–water partition coefficient (Wildman–Crippen LogP) is 8.51. The highest BCUT2D eigenvalue weighted by molar-refractivity contribution is 5.77. The van der Waals surface area contributed by atoms with Crippen molar-refractivity contribution in [2.24, 2.45) is 0 Å². The molecule has 0 bridgehead atoms. The van der Waals surface area contributed by atoms with E-state index in [1.165, 1.54) is 0 Å². The first-order valence-electron chi connectivity index (χ1n) is 14.8. The third-order valence-electron chi connectivity index (χ3n) is 7.74. The third kappa shape index (κ3) is 7.65. The molecule has 10 heteroatoms. The lowest BCUT2D eigenvalue weighted by molar-refractivity contribution is -0.386. The molecule has 10 nitrogen and oxygen atoms in total. The van der Waals surface area contributed by atoms with E-state index in [9.17, 15) is 20.2 Å². The van der Waals surface area contributed by atoms with E-state index in [1.54, 1.807) is 92.5 Å². The van der Waals surface area contributed by atoms with Crippen LogP contribution < -0.4 is 18.9 Å². The molecule has 0 heterocycles. The van der Waals surface area contributed by atoms with E-state index in [0.29, 0.717) is 56.4 Å². The van der Waals surface area contributed by atoms with Crippen LogP contribution in [0.1, 0.15) is 55.6 Å². The summed E-state index contributed by atoms with van der Waals surface area (Å²) in [6.45, 7) is 6.88. The molecule has 0 saturated heterocycles. The van der Waals surface area contributed by atoms with Crippen LogP contribution in [-0.4, -0.2) is 38.3 Å². The van der Waals surface area contributed by atoms with Gasteiger partial charge in [0.05, 0.1) is 49.4 Å². The molecule has 4 aromatic carbocycles. The zero-order valence-corrected chi connectivity index (χ0v) is 28.1. The Balaban J connectivity index is 1.68. The third-order valence-corrected chi connectivity index (χ3v) is 7.74. The van der Waals surface area contributed by atoms with Crippen LogP contribution in [0.4, 0.5) is 11.4 Å². The van der Waals surface area contributed by atoms with E-state index in [2.05, 4.69) is 11.8 Å². The lowest BCUT2D eigenvalue weighted by atomic mass is 10.0. The Kier molecular flexibility index (Phi) is 10.9. The van der Waals surface area contributed by atoms with Crippen LogP contribution in [0.15, 0.2) is 48.5 Å². The molecule has 0 saturated carbocycles. The number of ether oxygens (including phenoxy) is 4. The topological polar surface area (TPSA) is 123 Å². The molecule has 0 aliphatic rings. The van der Waals surface area contributed by atoms with Crippen molar-refractivity contribution in [2.75, 3.05) is 28.4 Å². The van der Waals surface area contributed by atoms with Crippen molar-refractivity contribution in [2.45, 2.75) is 27.7 Å². The van der Waals surface area contributed by atoms with Gasteiger partial charge in [-0.25, -0.2) is 0 Å². The monoisotopic (exact) mass is 648 g/mol. The first-order chi connectivity index (χ1) is 22.9. The van der Waals surface area contributed by atoms with Gasteiger partial charge in [0.15, 0.2) is 0 Å². The lowest BCUT2D eigenvalue weighted by Gasteiger charge is -2.11. The number of hydrogen-bond acceptors (Lipinski definition) is 8. The number of benzene rings is 4. The first-order valence-corrected chi connectivity index (χ1v) is 14.8. The second kappa shape index (κ2) is 15.0. The summed E-state index contributed by atoms with van der Waals surface area (Å²) in [4.78, 5) is 22.0. The average molecular weight is 649 g/mol. The minimum Gasteiger partial charge on any atom is -0.496 e. The molecule has 0 fully saturated rings. The summed E-state index contributed by atoms with van der Waals surface area (Å²) in [7, 11) is 6.25. The van der Waals surface area contributed by atoms with E-state index in [0.717, 1.165) is 22.3 Å². The molecule has 0 aliphatic carbocycles. The van der Waals surface area contributed by atoms with E-state index in [1.807, 2.05) is 36.4 Å². The normalized spacial score (nSPS) is 10.9. The fraction of sp³-hybridized carbons (Fsp3) is 0.211. The van der Waals surface area contributed by atoms with Crippen molar-refractivity contribution >= 4 is 35.7 Å². The van der Waals surface area contributed by atoms with Crippen molar-refractivity contribution in [1.29, 1.82) is 0 Å². The van der Waals surface area contributed by atoms with E-state index in [4.69, 9.17) is 18.9 Å². The van der Waals surface area contributed by atoms with Gasteiger partial charge in [-0.1, -0.05) is 36.1 Å². The second-order valence-corrected chi connectivity index (χ2v) is 11.0. The summed E-state index contributed by atoms with van der Waals surface area (Å²) in [5, 5.41) is 22.8. The van der Waals surface area contributed by atoms with Crippen LogP contribution >= 0.6 is 0 Å². The minimum atomic E-state index is -0.366. The fourth-order valence-corrected chi connectivity index (χ4v) is 5.55. The SMILES string of the molecule is COc1cc(/C=C/c2cc(C)c([N+](=O)[O-])c(C)c2)c(OC)cc1C#Cc1cc(OC)c(/C=C/c2cc(C)c([N+](=O)[O-])c(C)c2)cc1OC. The second-order valence-electron chi connectivity index (χ2n) is 11.0. The Hall–Kier alpha value is -6.08. The Morgan fingerprint density at radius 1 is 0.500 bits per heavy atom. The van der Waals surface area contributed by atoms with Crippen LogP contribution in [0.3, 0.4) is 0 Å². The van der Waals surface area contributed by atoms with Crippen molar-refractivity contribution < 1.29 is 28.8 Å². The van der Waals surface area contributed by atoms with Crippen molar-refractivity contribution in [3.05, 3.63) is 124 Å². The molecule has 4 aromatic rings. The Bertz CT molecular complexity index is 1840. The van der Waals surface area contributed by atoms with Crippen LogP contribution in [0, 0.1) is 59.8 Å². The molecule has 246 valence electrons. The summed E-state index contributed by atoms with van der Waals surface area (Å²) in [6, 6.07) is 14.3. The summed E-state index contributed by atoms with van der Waals surface area (Å²) < 4.78 is 22.7. The van der Waals surface area contributed by atoms with Gasteiger partial charge in [-0.15, -0.1) is 0 Å². The number of hydrogen-bond donors (Lipinski definition) is 0. The van der Waals surface area contributed by atoms with Gasteiger partial charge in [0.25, 0.3) is 11.4 Å². The number of rotatable bonds is 10. The summed E-state index contributed by atoms with van der Waals surface area (Å²) >= 11 is 0. The summed E-state index contributed by atoms with van der Waals surface area (Å²) in [6.07, 6.45) is 7.45. The molecule has 0 N–H and O–H groups in total. The minimum absolute atomic E-state index is 0.113. The fourth-order valence-electron chi connectivity index (χ4n) is 5.55. The smallest absolute Gasteiger partial charge is 0.275 e. The quantitative estimate of drug-likeness (QED) is 0.0726. The number of aryl methyl sites for hydroxylation is 4. The van der Waals surface area contributed by atoms with Crippen LogP contribution in [0.5, 0.6) is 23.0 Å². The maximum Gasteiger partial charge on any atom is 0.275 e. The van der Waals surface area contributed by atoms with Gasteiger partial charge >= 0.3 is 0 Å². The Labute approximate surface area is 279 Å². The number of nitro groups is 2. The summed E-state index contributed by atoms with van der Waals surface area (Å²) in [5.74, 6) is 8.51. The van der Waals surface area contributed by atoms with Gasteiger partial charge in [0, 0.05) is 45.5 Å². The highest BCUT2D eigenvalue weighted by atomic mass is 16.6. The predicted molar refractivity (Wildman–Crippen MR) is 188 cm³/mol. The van der Waals surface area contributed by atoms with Gasteiger partial charge in [-0.3, -0.25) is 20.2 Å². The van der Waals surface area contributed by atoms with E-state index >= 15 is 0 Å². The highest BCUT2D eigenvalue weighted by Gasteiger charge is 2.17. The number of nitro benzene ring substituents is 2. The maximum absolute atomic E-state index is 11.4. The van der Waals surface area contributed by atoms with E-state index < -0.39 is 0 Å². The highest BCUT2D eigenvalue weighted by Crippen LogP contribution is 2.33. The Morgan fingerprint density at radius 2 is 0.812 bits per heavy atom. The van der Waals surface area contributed by atoms with Gasteiger partial charge in [0.2, 0.25) is 0 Å². The number of methoxy groups -OCH3 is 4. The van der Waals surface area contributed by atoms with Crippen LogP contribution in [0.25, 0.3) is 24.3 Å². The van der Waals surface area contributed by atoms with Gasteiger partial charge < -0.3 is 18.9 Å². The average Bonchev–Trinajstić information content (AvgIpc) is 3.04. The van der Waals surface area contributed by atoms with Gasteiger partial charge in [0.1, 0.15) is 23.0 Å². The zero-order valence-electron chi connectivity index (χ0n) is 28.1. The molecular formula is C38H36N2O8. The molecule has 0 unspecified atom stereocenters. The van der Waals surface area contributed by atoms with Gasteiger partial charge in [-0.05, 0) is 75.2 Å². The van der Waals surface area contributed by atoms with E-state index in [-0.39, 0.29) is 21.2 Å². The standard InChI is InChI=1S/C38H36N2O8/c1-23-15-27(16-24(2)37(23)39(41)42)9-11-29-19-35(47-7)31(21-33(29)45-5)13-14-32-22-34(46-6)30(20-36(32)48-8)12-10-28-17-25(3)38(40(43)44)26(4)18-28/h9-12,15-22H,1-8H3/b11-9+,12-10+. The van der Waals surface area contributed by atoms with Crippen molar-refractivity contribution in [1.82, 2.24) is 0 Å². The van der Waals surface area contributed by atoms with Crippen LogP contribution in [-0.2, 0) is 0 Å². The van der Waals surface area contributed by atoms with Crippen molar-refractivity contribution in [3.63, 3.8) is 0 Å². The molecule has 0 spiro atoms. The molecule has 0 radical (unpaired) electrons. The molecule has 0 amide bonds. The summed E-state index contributed by atoms with van der Waals surface area (Å²) in [5.41, 5.74) is 6.84. The number of nitrogens with zero attached hydrogens (tertiary/aromatic N) is 2. The van der Waals surface area contributed by atoms with Gasteiger partial charge in [-0.2, -0.15) is 0 Å². The maximum atomic E-state index is 11.4.